The third kappa shape index (κ3) is 9.33. The van der Waals surface area contributed by atoms with E-state index in [1.54, 1.807) is 31.4 Å². The number of hydrogen-bond donors (Lipinski definition) is 1. The number of sulfonamides is 1. The molecule has 1 N–H and O–H groups in total. The second-order valence-corrected chi connectivity index (χ2v) is 10.3. The molecule has 1 amide bonds. The van der Waals surface area contributed by atoms with Gasteiger partial charge in [-0.05, 0) is 54.8 Å². The fourth-order valence-electron chi connectivity index (χ4n) is 4.16. The number of hydrogen-bond acceptors (Lipinski definition) is 6. The molecule has 1 fully saturated rings. The maximum absolute atomic E-state index is 12.3. The predicted molar refractivity (Wildman–Crippen MR) is 141 cm³/mol. The summed E-state index contributed by atoms with van der Waals surface area (Å²) in [6.07, 6.45) is 3.59. The van der Waals surface area contributed by atoms with E-state index in [0.29, 0.717) is 31.0 Å². The van der Waals surface area contributed by atoms with Crippen molar-refractivity contribution in [2.24, 2.45) is 0 Å². The van der Waals surface area contributed by atoms with Gasteiger partial charge in [-0.25, -0.2) is 8.42 Å². The van der Waals surface area contributed by atoms with E-state index in [4.69, 9.17) is 9.47 Å². The Morgan fingerprint density at radius 3 is 2.14 bits per heavy atom. The number of ether oxygens (including phenoxy) is 2. The number of nitrogens with zero attached hydrogens (tertiary/aromatic N) is 2. The highest BCUT2D eigenvalue weighted by Gasteiger charge is 2.27. The molecule has 0 unspecified atom stereocenters. The zero-order chi connectivity index (χ0) is 24.6. The van der Waals surface area contributed by atoms with Gasteiger partial charge in [0.25, 0.3) is 0 Å². The van der Waals surface area contributed by atoms with Crippen LogP contribution in [0, 0.1) is 0 Å². The third-order valence-electron chi connectivity index (χ3n) is 5.88. The number of rotatable bonds is 11. The smallest absolute Gasteiger partial charge is 0.229 e. The number of methoxy groups -OCH3 is 1. The minimum Gasteiger partial charge on any atom is -0.457 e. The number of piperidine rings is 1. The van der Waals surface area contributed by atoms with Gasteiger partial charge in [0.2, 0.25) is 15.9 Å². The number of carbonyl (C=O) groups excluding carboxylic acids is 1. The molecule has 0 saturated carbocycles. The molecule has 0 bridgehead atoms. The van der Waals surface area contributed by atoms with Gasteiger partial charge in [-0.15, -0.1) is 12.4 Å². The van der Waals surface area contributed by atoms with Crippen LogP contribution >= 0.6 is 12.4 Å². The first-order chi connectivity index (χ1) is 16.3. The SMILES string of the molecule is CCC(=O)N(CCOC)C1CCN(Cc2ccc(Oc3ccc(NS(C)(=O)=O)cc3)cc2)CC1.Cl. The van der Waals surface area contributed by atoms with Crippen LogP contribution in [0.5, 0.6) is 11.5 Å². The van der Waals surface area contributed by atoms with Crippen LogP contribution in [0.4, 0.5) is 5.69 Å². The monoisotopic (exact) mass is 525 g/mol. The molecule has 10 heteroatoms. The zero-order valence-corrected chi connectivity index (χ0v) is 22.2. The Morgan fingerprint density at radius 2 is 1.63 bits per heavy atom. The third-order valence-corrected chi connectivity index (χ3v) is 6.49. The van der Waals surface area contributed by atoms with Crippen molar-refractivity contribution in [2.45, 2.75) is 38.8 Å². The molecule has 0 aromatic heterocycles. The summed E-state index contributed by atoms with van der Waals surface area (Å²) in [6.45, 7) is 5.91. The summed E-state index contributed by atoms with van der Waals surface area (Å²) >= 11 is 0. The Kier molecular flexibility index (Phi) is 11.3. The van der Waals surface area contributed by atoms with Crippen molar-refractivity contribution < 1.29 is 22.7 Å². The van der Waals surface area contributed by atoms with Gasteiger partial charge in [0.1, 0.15) is 11.5 Å². The minimum absolute atomic E-state index is 0. The minimum atomic E-state index is -3.30. The van der Waals surface area contributed by atoms with Crippen molar-refractivity contribution in [1.82, 2.24) is 9.80 Å². The number of anilines is 1. The lowest BCUT2D eigenvalue weighted by atomic mass is 10.0. The van der Waals surface area contributed by atoms with Crippen LogP contribution in [0.15, 0.2) is 48.5 Å². The number of carbonyl (C=O) groups is 1. The molecule has 194 valence electrons. The van der Waals surface area contributed by atoms with Crippen LogP contribution in [0.1, 0.15) is 31.7 Å². The number of amides is 1. The number of likely N-dealkylation sites (tertiary alicyclic amines) is 1. The summed E-state index contributed by atoms with van der Waals surface area (Å²) in [5, 5.41) is 0. The summed E-state index contributed by atoms with van der Waals surface area (Å²) in [6, 6.07) is 15.1. The Morgan fingerprint density at radius 1 is 1.06 bits per heavy atom. The van der Waals surface area contributed by atoms with E-state index in [-0.39, 0.29) is 24.4 Å². The normalized spacial score (nSPS) is 14.7. The van der Waals surface area contributed by atoms with E-state index in [9.17, 15) is 13.2 Å². The van der Waals surface area contributed by atoms with Gasteiger partial charge < -0.3 is 14.4 Å². The molecule has 1 aliphatic rings. The number of halogens is 1. The molecule has 35 heavy (non-hydrogen) atoms. The first-order valence-electron chi connectivity index (χ1n) is 11.6. The highest BCUT2D eigenvalue weighted by atomic mass is 35.5. The van der Waals surface area contributed by atoms with Crippen molar-refractivity contribution in [3.63, 3.8) is 0 Å². The predicted octanol–water partition coefficient (Wildman–Crippen LogP) is 4.12. The molecule has 2 aromatic carbocycles. The van der Waals surface area contributed by atoms with Gasteiger partial charge in [0.15, 0.2) is 0 Å². The molecular weight excluding hydrogens is 490 g/mol. The van der Waals surface area contributed by atoms with Crippen molar-refractivity contribution >= 4 is 34.0 Å². The highest BCUT2D eigenvalue weighted by Crippen LogP contribution is 2.25. The molecule has 3 rings (SSSR count). The average molecular weight is 526 g/mol. The lowest BCUT2D eigenvalue weighted by Crippen LogP contribution is -2.48. The molecule has 1 aliphatic heterocycles. The van der Waals surface area contributed by atoms with E-state index in [1.165, 1.54) is 5.56 Å². The number of nitrogens with one attached hydrogen (secondary N) is 1. The summed E-state index contributed by atoms with van der Waals surface area (Å²) in [7, 11) is -1.63. The molecule has 0 spiro atoms. The first-order valence-corrected chi connectivity index (χ1v) is 13.5. The van der Waals surface area contributed by atoms with E-state index in [1.807, 2.05) is 24.0 Å². The molecule has 1 heterocycles. The van der Waals surface area contributed by atoms with Gasteiger partial charge >= 0.3 is 0 Å². The molecule has 8 nitrogen and oxygen atoms in total. The molecule has 1 saturated heterocycles. The Bertz CT molecular complexity index is 1020. The second kappa shape index (κ2) is 13.7. The van der Waals surface area contributed by atoms with Crippen LogP contribution < -0.4 is 9.46 Å². The second-order valence-electron chi connectivity index (χ2n) is 8.59. The van der Waals surface area contributed by atoms with E-state index < -0.39 is 10.0 Å². The first kappa shape index (κ1) is 28.9. The van der Waals surface area contributed by atoms with Crippen molar-refractivity contribution in [1.29, 1.82) is 0 Å². The average Bonchev–Trinajstić information content (AvgIpc) is 2.81. The van der Waals surface area contributed by atoms with Crippen molar-refractivity contribution in [3.8, 4) is 11.5 Å². The summed E-state index contributed by atoms with van der Waals surface area (Å²) in [4.78, 5) is 16.8. The Labute approximate surface area is 215 Å². The van der Waals surface area contributed by atoms with E-state index >= 15 is 0 Å². The fraction of sp³-hybridized carbons (Fsp3) is 0.480. The number of benzene rings is 2. The molecular formula is C25H36ClN3O5S. The summed E-state index contributed by atoms with van der Waals surface area (Å²) in [5.41, 5.74) is 1.70. The standard InChI is InChI=1S/C25H35N3O5S.ClH/c1-4-25(29)28(17-18-32-2)22-13-15-27(16-14-22)19-20-5-9-23(10-6-20)33-24-11-7-21(8-12-24)26-34(3,30)31;/h5-12,22,26H,4,13-19H2,1-3H3;1H. The van der Waals surface area contributed by atoms with Gasteiger partial charge in [-0.3, -0.25) is 14.4 Å². The van der Waals surface area contributed by atoms with Gasteiger partial charge in [0, 0.05) is 51.4 Å². The van der Waals surface area contributed by atoms with Crippen LogP contribution in [-0.2, 0) is 26.1 Å². The Hall–Kier alpha value is -2.33. The van der Waals surface area contributed by atoms with E-state index in [2.05, 4.69) is 21.8 Å². The molecule has 0 radical (unpaired) electrons. The molecule has 0 aliphatic carbocycles. The van der Waals surface area contributed by atoms with Crippen molar-refractivity contribution in [2.75, 3.05) is 44.3 Å². The fourth-order valence-corrected chi connectivity index (χ4v) is 4.72. The molecule has 0 atom stereocenters. The maximum atomic E-state index is 12.3. The van der Waals surface area contributed by atoms with Crippen LogP contribution in [0.25, 0.3) is 0 Å². The topological polar surface area (TPSA) is 88.2 Å². The summed E-state index contributed by atoms with van der Waals surface area (Å²) in [5.74, 6) is 1.55. The van der Waals surface area contributed by atoms with Gasteiger partial charge in [-0.1, -0.05) is 19.1 Å². The summed E-state index contributed by atoms with van der Waals surface area (Å²) < 4.78 is 36.1. The Balaban J connectivity index is 0.00000432. The highest BCUT2D eigenvalue weighted by molar-refractivity contribution is 7.92. The lowest BCUT2D eigenvalue weighted by Gasteiger charge is -2.38. The lowest BCUT2D eigenvalue weighted by molar-refractivity contribution is -0.135. The van der Waals surface area contributed by atoms with Crippen molar-refractivity contribution in [3.05, 3.63) is 54.1 Å². The van der Waals surface area contributed by atoms with Gasteiger partial charge in [0.05, 0.1) is 12.9 Å². The molecule has 2 aromatic rings. The van der Waals surface area contributed by atoms with Gasteiger partial charge in [-0.2, -0.15) is 0 Å². The zero-order valence-electron chi connectivity index (χ0n) is 20.6. The van der Waals surface area contributed by atoms with Crippen LogP contribution in [0.2, 0.25) is 0 Å². The largest absolute Gasteiger partial charge is 0.457 e. The maximum Gasteiger partial charge on any atom is 0.229 e. The van der Waals surface area contributed by atoms with Crippen LogP contribution in [0.3, 0.4) is 0 Å². The van der Waals surface area contributed by atoms with Crippen LogP contribution in [-0.4, -0.2) is 69.8 Å². The van der Waals surface area contributed by atoms with E-state index in [0.717, 1.165) is 44.5 Å². The quantitative estimate of drug-likeness (QED) is 0.475.